The van der Waals surface area contributed by atoms with Crippen LogP contribution >= 0.6 is 0 Å². The molecule has 10 heteroatoms. The number of rotatable bonds is 10. The van der Waals surface area contributed by atoms with Crippen molar-refractivity contribution in [2.75, 3.05) is 36.4 Å². The number of hydrogen-bond donors (Lipinski definition) is 2. The normalized spacial score (nSPS) is 13.6. The lowest BCUT2D eigenvalue weighted by atomic mass is 9.99. The summed E-state index contributed by atoms with van der Waals surface area (Å²) >= 11 is 0. The molecule has 0 bridgehead atoms. The minimum Gasteiger partial charge on any atom is -0.445 e. The van der Waals surface area contributed by atoms with Crippen LogP contribution in [0.1, 0.15) is 47.8 Å². The molecule has 1 fully saturated rings. The Morgan fingerprint density at radius 1 is 0.735 bits per heavy atom. The molecule has 10 nitrogen and oxygen atoms in total. The van der Waals surface area contributed by atoms with Crippen LogP contribution in [0.2, 0.25) is 0 Å². The second-order valence-electron chi connectivity index (χ2n) is 12.8. The Labute approximate surface area is 287 Å². The van der Waals surface area contributed by atoms with Crippen molar-refractivity contribution in [1.29, 1.82) is 0 Å². The van der Waals surface area contributed by atoms with Crippen LogP contribution in [0, 0.1) is 0 Å². The molecule has 0 spiro atoms. The first-order valence-corrected chi connectivity index (χ1v) is 16.3. The molecule has 5 rings (SSSR count). The lowest BCUT2D eigenvalue weighted by Gasteiger charge is -2.37. The Bertz CT molecular complexity index is 1730. The standard InChI is InChI=1S/C39H42N4O6/c1-39(2,3)49-38(47)43-24-22-42(23-25-43)33-21-13-20-31(35(44)30-18-11-6-12-19-30)34(33)41-36(45)32(26-28-14-7-4-8-15-28)40-37(46)48-27-29-16-9-5-10-17-29/h4-21,32H,22-27H2,1-3H3,(H,40,46)(H,41,45)/t32-/m1/s1. The molecule has 49 heavy (non-hydrogen) atoms. The van der Waals surface area contributed by atoms with E-state index in [0.29, 0.717) is 48.7 Å². The smallest absolute Gasteiger partial charge is 0.410 e. The zero-order valence-corrected chi connectivity index (χ0v) is 28.1. The summed E-state index contributed by atoms with van der Waals surface area (Å²) in [5.74, 6) is -0.776. The van der Waals surface area contributed by atoms with Crippen molar-refractivity contribution in [1.82, 2.24) is 10.2 Å². The third-order valence-electron chi connectivity index (χ3n) is 7.95. The number of carbonyl (C=O) groups excluding carboxylic acids is 4. The molecule has 0 aromatic heterocycles. The van der Waals surface area contributed by atoms with E-state index in [4.69, 9.17) is 9.47 Å². The largest absolute Gasteiger partial charge is 0.445 e. The second kappa shape index (κ2) is 16.0. The highest BCUT2D eigenvalue weighted by Gasteiger charge is 2.30. The molecular formula is C39H42N4O6. The molecule has 1 aliphatic rings. The number of anilines is 2. The fourth-order valence-electron chi connectivity index (χ4n) is 5.50. The van der Waals surface area contributed by atoms with Crippen molar-refractivity contribution >= 4 is 35.3 Å². The maximum absolute atomic E-state index is 14.2. The van der Waals surface area contributed by atoms with Crippen LogP contribution in [0.15, 0.2) is 109 Å². The lowest BCUT2D eigenvalue weighted by molar-refractivity contribution is -0.118. The summed E-state index contributed by atoms with van der Waals surface area (Å²) in [4.78, 5) is 57.5. The first-order valence-electron chi connectivity index (χ1n) is 16.3. The van der Waals surface area contributed by atoms with E-state index in [-0.39, 0.29) is 24.9 Å². The number of hydrogen-bond acceptors (Lipinski definition) is 7. The van der Waals surface area contributed by atoms with Crippen molar-refractivity contribution in [2.45, 2.75) is 45.4 Å². The average Bonchev–Trinajstić information content (AvgIpc) is 3.11. The van der Waals surface area contributed by atoms with E-state index in [2.05, 4.69) is 10.6 Å². The molecular weight excluding hydrogens is 620 g/mol. The molecule has 1 atom stereocenters. The number of ketones is 1. The molecule has 1 heterocycles. The molecule has 3 amide bonds. The summed E-state index contributed by atoms with van der Waals surface area (Å²) in [5.41, 5.74) is 2.75. The average molecular weight is 663 g/mol. The van der Waals surface area contributed by atoms with Crippen molar-refractivity contribution in [3.63, 3.8) is 0 Å². The van der Waals surface area contributed by atoms with Crippen LogP contribution < -0.4 is 15.5 Å². The van der Waals surface area contributed by atoms with Gasteiger partial charge in [0.1, 0.15) is 18.2 Å². The lowest BCUT2D eigenvalue weighted by Crippen LogP contribution is -2.50. The summed E-state index contributed by atoms with van der Waals surface area (Å²) in [6.45, 7) is 7.21. The maximum Gasteiger partial charge on any atom is 0.410 e. The third-order valence-corrected chi connectivity index (χ3v) is 7.95. The first kappa shape index (κ1) is 34.7. The maximum atomic E-state index is 14.2. The Morgan fingerprint density at radius 3 is 1.94 bits per heavy atom. The molecule has 4 aromatic rings. The molecule has 0 saturated carbocycles. The summed E-state index contributed by atoms with van der Waals surface area (Å²) < 4.78 is 11.0. The molecule has 1 saturated heterocycles. The fraction of sp³-hybridized carbons (Fsp3) is 0.282. The minimum atomic E-state index is -1.03. The summed E-state index contributed by atoms with van der Waals surface area (Å²) in [6.07, 6.45) is -0.944. The van der Waals surface area contributed by atoms with Gasteiger partial charge in [-0.15, -0.1) is 0 Å². The van der Waals surface area contributed by atoms with Gasteiger partial charge < -0.3 is 29.9 Å². The summed E-state index contributed by atoms with van der Waals surface area (Å²) in [7, 11) is 0. The Hall–Kier alpha value is -5.64. The number of carbonyl (C=O) groups is 4. The van der Waals surface area contributed by atoms with Crippen molar-refractivity contribution in [3.8, 4) is 0 Å². The molecule has 0 unspecified atom stereocenters. The molecule has 0 aliphatic carbocycles. The van der Waals surface area contributed by atoms with Crippen molar-refractivity contribution in [2.24, 2.45) is 0 Å². The van der Waals surface area contributed by atoms with Gasteiger partial charge in [0.15, 0.2) is 5.78 Å². The molecule has 0 radical (unpaired) electrons. The molecule has 1 aliphatic heterocycles. The van der Waals surface area contributed by atoms with Crippen LogP contribution in [0.4, 0.5) is 21.0 Å². The van der Waals surface area contributed by atoms with Crippen LogP contribution in [0.25, 0.3) is 0 Å². The van der Waals surface area contributed by atoms with E-state index in [1.165, 1.54) is 0 Å². The summed E-state index contributed by atoms with van der Waals surface area (Å²) in [5, 5.41) is 5.76. The fourth-order valence-corrected chi connectivity index (χ4v) is 5.50. The van der Waals surface area contributed by atoms with Gasteiger partial charge in [0, 0.05) is 43.7 Å². The van der Waals surface area contributed by atoms with Gasteiger partial charge >= 0.3 is 12.2 Å². The third kappa shape index (κ3) is 9.70. The zero-order chi connectivity index (χ0) is 34.8. The molecule has 2 N–H and O–H groups in total. The van der Waals surface area contributed by atoms with Gasteiger partial charge in [-0.1, -0.05) is 97.1 Å². The van der Waals surface area contributed by atoms with Gasteiger partial charge in [-0.3, -0.25) is 9.59 Å². The predicted octanol–water partition coefficient (Wildman–Crippen LogP) is 6.45. The minimum absolute atomic E-state index is 0.0418. The highest BCUT2D eigenvalue weighted by Crippen LogP contribution is 2.33. The highest BCUT2D eigenvalue weighted by molar-refractivity contribution is 6.16. The van der Waals surface area contributed by atoms with Gasteiger partial charge in [0.25, 0.3) is 0 Å². The number of ether oxygens (including phenoxy) is 2. The van der Waals surface area contributed by atoms with Gasteiger partial charge in [-0.25, -0.2) is 9.59 Å². The van der Waals surface area contributed by atoms with Gasteiger partial charge in [0.05, 0.1) is 11.4 Å². The SMILES string of the molecule is CC(C)(C)OC(=O)N1CCN(c2cccc(C(=O)c3ccccc3)c2NC(=O)[C@@H](Cc2ccccc2)NC(=O)OCc2ccccc2)CC1. The number of nitrogens with zero attached hydrogens (tertiary/aromatic N) is 2. The number of benzene rings is 4. The highest BCUT2D eigenvalue weighted by atomic mass is 16.6. The van der Waals surface area contributed by atoms with E-state index in [1.807, 2.05) is 98.5 Å². The van der Waals surface area contributed by atoms with E-state index in [9.17, 15) is 19.2 Å². The van der Waals surface area contributed by atoms with Crippen LogP contribution in [-0.4, -0.2) is 66.6 Å². The topological polar surface area (TPSA) is 117 Å². The number of alkyl carbamates (subject to hydrolysis) is 1. The van der Waals surface area contributed by atoms with Crippen LogP contribution in [0.3, 0.4) is 0 Å². The Balaban J connectivity index is 1.42. The number of amides is 3. The number of nitrogens with one attached hydrogen (secondary N) is 2. The first-order chi connectivity index (χ1) is 23.6. The Kier molecular flexibility index (Phi) is 11.3. The monoisotopic (exact) mass is 662 g/mol. The van der Waals surface area contributed by atoms with Crippen molar-refractivity contribution < 1.29 is 28.7 Å². The molecule has 254 valence electrons. The van der Waals surface area contributed by atoms with E-state index in [1.54, 1.807) is 41.3 Å². The van der Waals surface area contributed by atoms with Crippen LogP contribution in [-0.2, 0) is 27.3 Å². The van der Waals surface area contributed by atoms with Gasteiger partial charge in [0.2, 0.25) is 5.91 Å². The molecule has 4 aromatic carbocycles. The quantitative estimate of drug-likeness (QED) is 0.188. The van der Waals surface area contributed by atoms with Crippen LogP contribution in [0.5, 0.6) is 0 Å². The zero-order valence-electron chi connectivity index (χ0n) is 28.1. The Morgan fingerprint density at radius 2 is 1.33 bits per heavy atom. The number of piperazine rings is 1. The van der Waals surface area contributed by atoms with Gasteiger partial charge in [-0.2, -0.15) is 0 Å². The second-order valence-corrected chi connectivity index (χ2v) is 12.8. The van der Waals surface area contributed by atoms with E-state index < -0.39 is 23.6 Å². The van der Waals surface area contributed by atoms with E-state index in [0.717, 1.165) is 11.1 Å². The van der Waals surface area contributed by atoms with E-state index >= 15 is 0 Å². The summed E-state index contributed by atoms with van der Waals surface area (Å²) in [6, 6.07) is 31.7. The van der Waals surface area contributed by atoms with Crippen molar-refractivity contribution in [3.05, 3.63) is 131 Å². The predicted molar refractivity (Wildman–Crippen MR) is 189 cm³/mol. The van der Waals surface area contributed by atoms with Gasteiger partial charge in [-0.05, 0) is 44.0 Å². The number of para-hydroxylation sites is 1.